The topological polar surface area (TPSA) is 35.2 Å². The highest BCUT2D eigenvalue weighted by Gasteiger charge is 2.12. The molecule has 2 aromatic carbocycles. The van der Waals surface area contributed by atoms with Gasteiger partial charge in [0.2, 0.25) is 0 Å². The molecule has 0 aliphatic heterocycles. The molecule has 0 aromatic heterocycles. The Bertz CT molecular complexity index is 592. The molecule has 0 heterocycles. The summed E-state index contributed by atoms with van der Waals surface area (Å²) in [7, 11) is 0. The van der Waals surface area contributed by atoms with Crippen molar-refractivity contribution in [2.75, 3.05) is 6.26 Å². The lowest BCUT2D eigenvalue weighted by Crippen LogP contribution is -2.02. The summed E-state index contributed by atoms with van der Waals surface area (Å²) in [5.74, 6) is 0.0812. The lowest BCUT2D eigenvalue weighted by atomic mass is 10.2. The summed E-state index contributed by atoms with van der Waals surface area (Å²) in [5.41, 5.74) is 6.59. The van der Waals surface area contributed by atoms with Crippen LogP contribution in [0.4, 0.5) is 4.39 Å². The van der Waals surface area contributed by atoms with Crippen LogP contribution in [0.3, 0.4) is 0 Å². The molecule has 0 aliphatic carbocycles. The van der Waals surface area contributed by atoms with E-state index < -0.39 is 5.82 Å². The van der Waals surface area contributed by atoms with E-state index in [1.807, 2.05) is 18.4 Å². The summed E-state index contributed by atoms with van der Waals surface area (Å²) in [6.45, 7) is 0.328. The molecule has 5 heteroatoms. The zero-order valence-corrected chi connectivity index (χ0v) is 11.9. The van der Waals surface area contributed by atoms with Crippen LogP contribution in [0, 0.1) is 5.82 Å². The fraction of sp³-hybridized carbons (Fsp3) is 0.143. The van der Waals surface area contributed by atoms with Crippen LogP contribution in [0.5, 0.6) is 11.5 Å². The molecule has 0 bridgehead atoms. The van der Waals surface area contributed by atoms with E-state index in [1.165, 1.54) is 12.1 Å². The van der Waals surface area contributed by atoms with Gasteiger partial charge in [-0.05, 0) is 30.5 Å². The van der Waals surface area contributed by atoms with Gasteiger partial charge in [0.15, 0.2) is 11.6 Å². The molecule has 0 fully saturated rings. The van der Waals surface area contributed by atoms with Crippen molar-refractivity contribution in [3.8, 4) is 11.5 Å². The van der Waals surface area contributed by atoms with Crippen molar-refractivity contribution in [2.45, 2.75) is 11.4 Å². The minimum absolute atomic E-state index is 0.0350. The second kappa shape index (κ2) is 6.28. The maximum atomic E-state index is 13.8. The van der Waals surface area contributed by atoms with Crippen LogP contribution in [0.15, 0.2) is 41.3 Å². The molecule has 19 heavy (non-hydrogen) atoms. The quantitative estimate of drug-likeness (QED) is 0.847. The molecule has 2 N–H and O–H groups in total. The fourth-order valence-electron chi connectivity index (χ4n) is 1.71. The maximum absolute atomic E-state index is 13.8. The predicted octanol–water partition coefficient (Wildman–Crippen LogP) is 4.45. The van der Waals surface area contributed by atoms with Gasteiger partial charge >= 0.3 is 0 Å². The van der Waals surface area contributed by atoms with Crippen molar-refractivity contribution >= 4 is 23.4 Å². The summed E-state index contributed by atoms with van der Waals surface area (Å²) >= 11 is 7.30. The molecular weight excluding hydrogens is 285 g/mol. The number of halogens is 2. The second-order valence-corrected chi connectivity index (χ2v) is 5.05. The van der Waals surface area contributed by atoms with Gasteiger partial charge in [0, 0.05) is 17.0 Å². The van der Waals surface area contributed by atoms with Gasteiger partial charge in [-0.2, -0.15) is 0 Å². The Morgan fingerprint density at radius 3 is 2.58 bits per heavy atom. The molecule has 2 rings (SSSR count). The van der Waals surface area contributed by atoms with E-state index in [4.69, 9.17) is 22.1 Å². The van der Waals surface area contributed by atoms with Gasteiger partial charge in [0.05, 0.1) is 5.02 Å². The summed E-state index contributed by atoms with van der Waals surface area (Å²) in [6, 6.07) is 10.2. The summed E-state index contributed by atoms with van der Waals surface area (Å²) in [6.07, 6.45) is 1.96. The average molecular weight is 298 g/mol. The van der Waals surface area contributed by atoms with Crippen molar-refractivity contribution < 1.29 is 9.13 Å². The summed E-state index contributed by atoms with van der Waals surface area (Å²) in [4.78, 5) is 1.02. The standard InChI is InChI=1S/C14H13ClFNOS/c1-19-13-7-3-5-11(9(13)8-17)18-12-6-2-4-10(15)14(12)16/h2-7H,8,17H2,1H3. The number of rotatable bonds is 4. The summed E-state index contributed by atoms with van der Waals surface area (Å²) < 4.78 is 19.4. The third-order valence-corrected chi connectivity index (χ3v) is 3.76. The van der Waals surface area contributed by atoms with E-state index in [1.54, 1.807) is 23.9 Å². The zero-order chi connectivity index (χ0) is 13.8. The lowest BCUT2D eigenvalue weighted by Gasteiger charge is -2.13. The monoisotopic (exact) mass is 297 g/mol. The number of hydrogen-bond donors (Lipinski definition) is 1. The predicted molar refractivity (Wildman–Crippen MR) is 77.6 cm³/mol. The van der Waals surface area contributed by atoms with Crippen molar-refractivity contribution in [3.63, 3.8) is 0 Å². The normalized spacial score (nSPS) is 10.5. The van der Waals surface area contributed by atoms with Crippen LogP contribution in [-0.2, 0) is 6.54 Å². The molecule has 0 unspecified atom stereocenters. The van der Waals surface area contributed by atoms with Gasteiger partial charge in [0.25, 0.3) is 0 Å². The maximum Gasteiger partial charge on any atom is 0.184 e. The first-order valence-corrected chi connectivity index (χ1v) is 7.25. The highest BCUT2D eigenvalue weighted by molar-refractivity contribution is 7.98. The van der Waals surface area contributed by atoms with Crippen LogP contribution >= 0.6 is 23.4 Å². The van der Waals surface area contributed by atoms with E-state index >= 15 is 0 Å². The first kappa shape index (κ1) is 14.2. The van der Waals surface area contributed by atoms with Crippen molar-refractivity contribution in [2.24, 2.45) is 5.73 Å². The van der Waals surface area contributed by atoms with Gasteiger partial charge in [-0.25, -0.2) is 4.39 Å². The molecule has 2 nitrogen and oxygen atoms in total. The van der Waals surface area contributed by atoms with Crippen LogP contribution in [0.25, 0.3) is 0 Å². The van der Waals surface area contributed by atoms with Crippen LogP contribution < -0.4 is 10.5 Å². The Morgan fingerprint density at radius 2 is 1.89 bits per heavy atom. The zero-order valence-electron chi connectivity index (χ0n) is 10.3. The average Bonchev–Trinajstić information content (AvgIpc) is 2.43. The minimum atomic E-state index is -0.568. The van der Waals surface area contributed by atoms with Gasteiger partial charge in [-0.3, -0.25) is 0 Å². The van der Waals surface area contributed by atoms with Crippen molar-refractivity contribution in [3.05, 3.63) is 52.8 Å². The molecule has 0 saturated heterocycles. The van der Waals surface area contributed by atoms with Crippen LogP contribution in [-0.4, -0.2) is 6.26 Å². The smallest absolute Gasteiger partial charge is 0.184 e. The van der Waals surface area contributed by atoms with Gasteiger partial charge in [-0.1, -0.05) is 23.7 Å². The van der Waals surface area contributed by atoms with Crippen LogP contribution in [0.1, 0.15) is 5.56 Å². The Balaban J connectivity index is 2.41. The van der Waals surface area contributed by atoms with E-state index in [2.05, 4.69) is 0 Å². The highest BCUT2D eigenvalue weighted by Crippen LogP contribution is 2.34. The SMILES string of the molecule is CSc1cccc(Oc2cccc(Cl)c2F)c1CN. The molecule has 0 saturated carbocycles. The Labute approximate surface area is 120 Å². The lowest BCUT2D eigenvalue weighted by molar-refractivity contribution is 0.436. The highest BCUT2D eigenvalue weighted by atomic mass is 35.5. The number of benzene rings is 2. The number of thioether (sulfide) groups is 1. The van der Waals surface area contributed by atoms with Crippen LogP contribution in [0.2, 0.25) is 5.02 Å². The number of nitrogens with two attached hydrogens (primary N) is 1. The van der Waals surface area contributed by atoms with Gasteiger partial charge < -0.3 is 10.5 Å². The van der Waals surface area contributed by atoms with Crippen molar-refractivity contribution in [1.82, 2.24) is 0 Å². The Hall–Kier alpha value is -1.23. The summed E-state index contributed by atoms with van der Waals surface area (Å²) in [5, 5.41) is 0.0350. The van der Waals surface area contributed by atoms with E-state index in [0.717, 1.165) is 10.5 Å². The fourth-order valence-corrected chi connectivity index (χ4v) is 2.53. The third-order valence-electron chi connectivity index (χ3n) is 2.65. The Morgan fingerprint density at radius 1 is 1.21 bits per heavy atom. The van der Waals surface area contributed by atoms with Gasteiger partial charge in [0.1, 0.15) is 5.75 Å². The molecule has 2 aromatic rings. The third kappa shape index (κ3) is 3.03. The molecule has 0 spiro atoms. The molecule has 0 aliphatic rings. The first-order valence-electron chi connectivity index (χ1n) is 5.65. The van der Waals surface area contributed by atoms with E-state index in [-0.39, 0.29) is 10.8 Å². The minimum Gasteiger partial charge on any atom is -0.454 e. The molecular formula is C14H13ClFNOS. The van der Waals surface area contributed by atoms with E-state index in [0.29, 0.717) is 12.3 Å². The van der Waals surface area contributed by atoms with E-state index in [9.17, 15) is 4.39 Å². The molecule has 0 atom stereocenters. The number of hydrogen-bond acceptors (Lipinski definition) is 3. The molecule has 0 amide bonds. The largest absolute Gasteiger partial charge is 0.454 e. The van der Waals surface area contributed by atoms with Gasteiger partial charge in [-0.15, -0.1) is 11.8 Å². The van der Waals surface area contributed by atoms with Crippen molar-refractivity contribution in [1.29, 1.82) is 0 Å². The first-order chi connectivity index (χ1) is 9.17. The number of ether oxygens (including phenoxy) is 1. The molecule has 100 valence electrons. The Kier molecular flexibility index (Phi) is 4.69. The second-order valence-electron chi connectivity index (χ2n) is 3.80. The molecule has 0 radical (unpaired) electrons.